The first-order valence-electron chi connectivity index (χ1n) is 9.75. The molecule has 0 radical (unpaired) electrons. The lowest BCUT2D eigenvalue weighted by Gasteiger charge is -2.17. The first-order valence-corrected chi connectivity index (χ1v) is 11.0. The van der Waals surface area contributed by atoms with Gasteiger partial charge in [0.2, 0.25) is 5.91 Å². The first kappa shape index (κ1) is 23.0. The van der Waals surface area contributed by atoms with Gasteiger partial charge in [-0.25, -0.2) is 4.37 Å². The van der Waals surface area contributed by atoms with E-state index >= 15 is 0 Å². The third-order valence-electron chi connectivity index (χ3n) is 5.05. The number of benzene rings is 1. The lowest BCUT2D eigenvalue weighted by Crippen LogP contribution is -2.48. The molecule has 0 aliphatic heterocycles. The first-order chi connectivity index (χ1) is 15.7. The summed E-state index contributed by atoms with van der Waals surface area (Å²) >= 11 is 6.84. The van der Waals surface area contributed by atoms with Crippen molar-refractivity contribution in [1.29, 1.82) is 0 Å². The molecule has 2 heterocycles. The Morgan fingerprint density at radius 2 is 1.94 bits per heavy atom. The highest BCUT2D eigenvalue weighted by atomic mass is 35.5. The molecule has 2 amide bonds. The number of carbonyl (C=O) groups excluding carboxylic acids is 2. The highest BCUT2D eigenvalue weighted by Crippen LogP contribution is 2.38. The molecule has 172 valence electrons. The highest BCUT2D eigenvalue weighted by Gasteiger charge is 2.51. The number of aromatic nitrogens is 2. The van der Waals surface area contributed by atoms with Gasteiger partial charge < -0.3 is 16.0 Å². The molecule has 0 bridgehead atoms. The smallest absolute Gasteiger partial charge is 0.354 e. The maximum atomic E-state index is 13.2. The predicted molar refractivity (Wildman–Crippen MR) is 117 cm³/mol. The normalized spacial score (nSPS) is 14.4. The summed E-state index contributed by atoms with van der Waals surface area (Å²) in [5.41, 5.74) is -0.733. The van der Waals surface area contributed by atoms with Gasteiger partial charge >= 0.3 is 6.18 Å². The molecule has 33 heavy (non-hydrogen) atoms. The molecule has 0 saturated heterocycles. The average Bonchev–Trinajstić information content (AvgIpc) is 3.33. The topological polar surface area (TPSA) is 96.0 Å². The number of pyridine rings is 1. The molecule has 1 saturated carbocycles. The fraction of sp³-hybridized carbons (Fsp3) is 0.238. The lowest BCUT2D eigenvalue weighted by molar-refractivity contribution is -0.137. The number of hydrogen-bond donors (Lipinski definition) is 3. The van der Waals surface area contributed by atoms with Gasteiger partial charge in [-0.3, -0.25) is 14.6 Å². The Bertz CT molecular complexity index is 1170. The second-order valence-electron chi connectivity index (χ2n) is 7.48. The minimum absolute atomic E-state index is 0.0197. The fourth-order valence-corrected chi connectivity index (χ4v) is 3.79. The summed E-state index contributed by atoms with van der Waals surface area (Å²) < 4.78 is 43.6. The van der Waals surface area contributed by atoms with Gasteiger partial charge in [0, 0.05) is 10.4 Å². The van der Waals surface area contributed by atoms with Crippen molar-refractivity contribution in [2.24, 2.45) is 0 Å². The summed E-state index contributed by atoms with van der Waals surface area (Å²) in [6, 6.07) is 6.59. The van der Waals surface area contributed by atoms with Crippen LogP contribution >= 0.6 is 23.1 Å². The Labute approximate surface area is 195 Å². The fourth-order valence-electron chi connectivity index (χ4n) is 3.10. The number of rotatable bonds is 7. The standard InChI is InChI=1S/C21H17ClF3N5O2S/c22-13-1-4-17(16(7-13)21(23,24)25)29-15-3-2-14(26-10-15)9-27-19(32)20(5-6-20)30-18(31)12-8-28-33-11-12/h1-4,7-8,10-11,29H,5-6,9H2,(H,27,32)(H,30,31). The summed E-state index contributed by atoms with van der Waals surface area (Å²) in [7, 11) is 0. The Hall–Kier alpha value is -3.18. The van der Waals surface area contributed by atoms with Gasteiger partial charge in [-0.15, -0.1) is 0 Å². The van der Waals surface area contributed by atoms with Crippen LogP contribution in [0, 0.1) is 0 Å². The molecule has 4 rings (SSSR count). The molecule has 0 unspecified atom stereocenters. The summed E-state index contributed by atoms with van der Waals surface area (Å²) in [5.74, 6) is -0.676. The molecular weight excluding hydrogens is 479 g/mol. The van der Waals surface area contributed by atoms with Crippen LogP contribution in [0.5, 0.6) is 0 Å². The zero-order valence-electron chi connectivity index (χ0n) is 16.9. The number of nitrogens with one attached hydrogen (secondary N) is 3. The third kappa shape index (κ3) is 5.42. The van der Waals surface area contributed by atoms with Crippen molar-refractivity contribution < 1.29 is 22.8 Å². The summed E-state index contributed by atoms with van der Waals surface area (Å²) in [6.07, 6.45) is -0.704. The number of anilines is 2. The maximum Gasteiger partial charge on any atom is 0.418 e. The number of hydrogen-bond acceptors (Lipinski definition) is 6. The molecule has 3 aromatic rings. The zero-order valence-corrected chi connectivity index (χ0v) is 18.4. The van der Waals surface area contributed by atoms with E-state index in [-0.39, 0.29) is 29.1 Å². The van der Waals surface area contributed by atoms with E-state index in [1.54, 1.807) is 17.5 Å². The van der Waals surface area contributed by atoms with Crippen LogP contribution in [0.1, 0.15) is 34.5 Å². The van der Waals surface area contributed by atoms with E-state index in [1.165, 1.54) is 24.5 Å². The molecule has 1 aromatic carbocycles. The van der Waals surface area contributed by atoms with E-state index < -0.39 is 17.3 Å². The molecule has 0 spiro atoms. The van der Waals surface area contributed by atoms with Crippen LogP contribution < -0.4 is 16.0 Å². The van der Waals surface area contributed by atoms with Crippen LogP contribution in [0.3, 0.4) is 0 Å². The highest BCUT2D eigenvalue weighted by molar-refractivity contribution is 7.03. The number of nitrogens with zero attached hydrogens (tertiary/aromatic N) is 2. The maximum absolute atomic E-state index is 13.2. The van der Waals surface area contributed by atoms with Crippen LogP contribution in [0.15, 0.2) is 48.1 Å². The molecule has 2 aromatic heterocycles. The minimum Gasteiger partial charge on any atom is -0.354 e. The molecule has 0 atom stereocenters. The van der Waals surface area contributed by atoms with E-state index in [0.29, 0.717) is 29.8 Å². The quantitative estimate of drug-likeness (QED) is 0.447. The van der Waals surface area contributed by atoms with Crippen molar-refractivity contribution in [2.75, 3.05) is 5.32 Å². The monoisotopic (exact) mass is 495 g/mol. The van der Waals surface area contributed by atoms with E-state index in [2.05, 4.69) is 25.3 Å². The Kier molecular flexibility index (Phi) is 6.26. The number of carbonyl (C=O) groups is 2. The number of halogens is 4. The van der Waals surface area contributed by atoms with Crippen LogP contribution in [0.4, 0.5) is 24.5 Å². The van der Waals surface area contributed by atoms with Gasteiger partial charge in [-0.05, 0) is 54.7 Å². The van der Waals surface area contributed by atoms with Crippen LogP contribution in [0.25, 0.3) is 0 Å². The molecule has 3 N–H and O–H groups in total. The number of alkyl halides is 3. The lowest BCUT2D eigenvalue weighted by atomic mass is 10.1. The van der Waals surface area contributed by atoms with Crippen LogP contribution in [-0.4, -0.2) is 26.7 Å². The number of amides is 2. The average molecular weight is 496 g/mol. The molecule has 1 aliphatic rings. The van der Waals surface area contributed by atoms with Crippen molar-refractivity contribution >= 4 is 46.3 Å². The van der Waals surface area contributed by atoms with Crippen LogP contribution in [-0.2, 0) is 17.5 Å². The second kappa shape index (κ2) is 8.99. The van der Waals surface area contributed by atoms with Crippen molar-refractivity contribution in [2.45, 2.75) is 31.1 Å². The molecule has 1 aliphatic carbocycles. The Morgan fingerprint density at radius 3 is 2.55 bits per heavy atom. The van der Waals surface area contributed by atoms with Gasteiger partial charge in [-0.2, -0.15) is 13.2 Å². The third-order valence-corrected chi connectivity index (χ3v) is 5.87. The van der Waals surface area contributed by atoms with E-state index in [9.17, 15) is 22.8 Å². The molecule has 7 nitrogen and oxygen atoms in total. The van der Waals surface area contributed by atoms with Gasteiger partial charge in [0.05, 0.1) is 47.1 Å². The van der Waals surface area contributed by atoms with E-state index in [4.69, 9.17) is 11.6 Å². The molecule has 1 fully saturated rings. The summed E-state index contributed by atoms with van der Waals surface area (Å²) in [5, 5.41) is 9.76. The van der Waals surface area contributed by atoms with Crippen molar-refractivity contribution in [1.82, 2.24) is 20.0 Å². The van der Waals surface area contributed by atoms with Crippen molar-refractivity contribution in [3.63, 3.8) is 0 Å². The summed E-state index contributed by atoms with van der Waals surface area (Å²) in [4.78, 5) is 29.0. The van der Waals surface area contributed by atoms with Gasteiger partial charge in [0.25, 0.3) is 5.91 Å². The zero-order chi connectivity index (χ0) is 23.6. The van der Waals surface area contributed by atoms with Crippen molar-refractivity contribution in [3.8, 4) is 0 Å². The van der Waals surface area contributed by atoms with E-state index in [0.717, 1.165) is 17.6 Å². The van der Waals surface area contributed by atoms with Gasteiger partial charge in [-0.1, -0.05) is 11.6 Å². The van der Waals surface area contributed by atoms with Gasteiger partial charge in [0.1, 0.15) is 5.54 Å². The molecule has 12 heteroatoms. The largest absolute Gasteiger partial charge is 0.418 e. The summed E-state index contributed by atoms with van der Waals surface area (Å²) in [6.45, 7) is 0.103. The Balaban J connectivity index is 1.35. The van der Waals surface area contributed by atoms with Gasteiger partial charge in [0.15, 0.2) is 0 Å². The Morgan fingerprint density at radius 1 is 1.15 bits per heavy atom. The minimum atomic E-state index is -4.57. The SMILES string of the molecule is O=C(NC1(C(=O)NCc2ccc(Nc3ccc(Cl)cc3C(F)(F)F)cn2)CC1)c1cnsc1. The van der Waals surface area contributed by atoms with E-state index in [1.807, 2.05) is 0 Å². The van der Waals surface area contributed by atoms with Crippen molar-refractivity contribution in [3.05, 3.63) is 69.9 Å². The predicted octanol–water partition coefficient (Wildman–Crippen LogP) is 4.53. The molecular formula is C21H17ClF3N5O2S. The second-order valence-corrected chi connectivity index (χ2v) is 8.58. The van der Waals surface area contributed by atoms with Crippen LogP contribution in [0.2, 0.25) is 5.02 Å².